The second-order valence-corrected chi connectivity index (χ2v) is 6.16. The van der Waals surface area contributed by atoms with Crippen molar-refractivity contribution < 1.29 is 14.6 Å². The van der Waals surface area contributed by atoms with E-state index in [0.29, 0.717) is 18.8 Å². The third kappa shape index (κ3) is 3.98. The molecule has 0 aromatic carbocycles. The number of β-amino-alcohol motifs (C(OH)–C–C–N with tert-alkyl or cyclic N) is 1. The van der Waals surface area contributed by atoms with Crippen molar-refractivity contribution >= 4 is 0 Å². The second kappa shape index (κ2) is 6.16. The molecule has 2 heterocycles. The van der Waals surface area contributed by atoms with Crippen LogP contribution in [-0.4, -0.2) is 45.3 Å². The van der Waals surface area contributed by atoms with Gasteiger partial charge in [-0.3, -0.25) is 4.98 Å². The highest BCUT2D eigenvalue weighted by Gasteiger charge is 2.30. The van der Waals surface area contributed by atoms with Gasteiger partial charge in [-0.1, -0.05) is 6.92 Å². The molecule has 2 rings (SSSR count). The number of hydrogen-bond donors (Lipinski definition) is 2. The third-order valence-electron chi connectivity index (χ3n) is 3.89. The Bertz CT molecular complexity index is 436. The standard InChI is InChI=1S/C15H23FN2O2/c1-11(9-18-7-3-6-15(2,20)10-18)14(19)13-5-4-12(16)8-17-13/h4-5,8,11,14,19-20H,3,6-7,9-10H2,1-2H3. The Morgan fingerprint density at radius 2 is 2.25 bits per heavy atom. The highest BCUT2D eigenvalue weighted by molar-refractivity contribution is 5.09. The Balaban J connectivity index is 1.93. The van der Waals surface area contributed by atoms with E-state index in [1.165, 1.54) is 12.1 Å². The van der Waals surface area contributed by atoms with E-state index >= 15 is 0 Å². The van der Waals surface area contributed by atoms with Gasteiger partial charge in [-0.25, -0.2) is 4.39 Å². The van der Waals surface area contributed by atoms with Crippen LogP contribution in [0.25, 0.3) is 0 Å². The third-order valence-corrected chi connectivity index (χ3v) is 3.89. The first kappa shape index (κ1) is 15.4. The molecule has 1 aliphatic rings. The van der Waals surface area contributed by atoms with E-state index in [1.54, 1.807) is 0 Å². The van der Waals surface area contributed by atoms with E-state index < -0.39 is 17.5 Å². The van der Waals surface area contributed by atoms with E-state index in [1.807, 2.05) is 13.8 Å². The summed E-state index contributed by atoms with van der Waals surface area (Å²) < 4.78 is 12.8. The summed E-state index contributed by atoms with van der Waals surface area (Å²) in [6.07, 6.45) is 2.18. The predicted molar refractivity (Wildman–Crippen MR) is 74.6 cm³/mol. The van der Waals surface area contributed by atoms with Crippen LogP contribution in [0.2, 0.25) is 0 Å². The number of hydrogen-bond acceptors (Lipinski definition) is 4. The van der Waals surface area contributed by atoms with Crippen LogP contribution in [0.4, 0.5) is 4.39 Å². The Kier molecular flexibility index (Phi) is 4.73. The molecule has 112 valence electrons. The molecule has 1 aromatic rings. The van der Waals surface area contributed by atoms with E-state index in [-0.39, 0.29) is 5.92 Å². The summed E-state index contributed by atoms with van der Waals surface area (Å²) in [4.78, 5) is 6.10. The first-order chi connectivity index (χ1) is 9.37. The minimum absolute atomic E-state index is 0.0261. The van der Waals surface area contributed by atoms with Crippen molar-refractivity contribution in [3.63, 3.8) is 0 Å². The zero-order valence-electron chi connectivity index (χ0n) is 12.1. The Morgan fingerprint density at radius 3 is 2.85 bits per heavy atom. The molecule has 20 heavy (non-hydrogen) atoms. The Hall–Kier alpha value is -1.04. The molecule has 5 heteroatoms. The monoisotopic (exact) mass is 282 g/mol. The summed E-state index contributed by atoms with van der Waals surface area (Å²) in [7, 11) is 0. The molecular formula is C15H23FN2O2. The van der Waals surface area contributed by atoms with Crippen molar-refractivity contribution in [2.45, 2.75) is 38.4 Å². The van der Waals surface area contributed by atoms with Crippen molar-refractivity contribution in [3.05, 3.63) is 29.8 Å². The molecule has 0 amide bonds. The van der Waals surface area contributed by atoms with E-state index in [2.05, 4.69) is 9.88 Å². The lowest BCUT2D eigenvalue weighted by Gasteiger charge is -2.38. The van der Waals surface area contributed by atoms with Crippen molar-refractivity contribution in [2.75, 3.05) is 19.6 Å². The summed E-state index contributed by atoms with van der Waals surface area (Å²) in [5.41, 5.74) is -0.153. The van der Waals surface area contributed by atoms with Gasteiger partial charge in [-0.2, -0.15) is 0 Å². The number of pyridine rings is 1. The van der Waals surface area contributed by atoms with Gasteiger partial charge < -0.3 is 15.1 Å². The van der Waals surface area contributed by atoms with Gasteiger partial charge in [-0.15, -0.1) is 0 Å². The molecular weight excluding hydrogens is 259 g/mol. The minimum Gasteiger partial charge on any atom is -0.389 e. The molecule has 0 spiro atoms. The molecule has 0 aliphatic carbocycles. The van der Waals surface area contributed by atoms with Crippen LogP contribution >= 0.6 is 0 Å². The van der Waals surface area contributed by atoms with Crippen LogP contribution in [0.1, 0.15) is 38.5 Å². The quantitative estimate of drug-likeness (QED) is 0.883. The average Bonchev–Trinajstić information content (AvgIpc) is 2.37. The summed E-state index contributed by atoms with van der Waals surface area (Å²) in [6, 6.07) is 2.83. The Labute approximate surface area is 119 Å². The summed E-state index contributed by atoms with van der Waals surface area (Å²) >= 11 is 0. The normalized spacial score (nSPS) is 27.2. The smallest absolute Gasteiger partial charge is 0.141 e. The highest BCUT2D eigenvalue weighted by atomic mass is 19.1. The van der Waals surface area contributed by atoms with Gasteiger partial charge in [0.2, 0.25) is 0 Å². The fourth-order valence-corrected chi connectivity index (χ4v) is 2.84. The van der Waals surface area contributed by atoms with E-state index in [9.17, 15) is 14.6 Å². The molecule has 4 nitrogen and oxygen atoms in total. The van der Waals surface area contributed by atoms with E-state index in [0.717, 1.165) is 25.6 Å². The SMILES string of the molecule is CC(CN1CCCC(C)(O)C1)C(O)c1ccc(F)cn1. The molecule has 1 aliphatic heterocycles. The average molecular weight is 282 g/mol. The fraction of sp³-hybridized carbons (Fsp3) is 0.667. The summed E-state index contributed by atoms with van der Waals surface area (Å²) in [5.74, 6) is -0.428. The molecule has 1 fully saturated rings. The second-order valence-electron chi connectivity index (χ2n) is 6.16. The lowest BCUT2D eigenvalue weighted by molar-refractivity contribution is -0.0271. The molecule has 0 saturated carbocycles. The van der Waals surface area contributed by atoms with Gasteiger partial charge in [0.25, 0.3) is 0 Å². The maximum Gasteiger partial charge on any atom is 0.141 e. The van der Waals surface area contributed by atoms with Gasteiger partial charge in [0.1, 0.15) is 5.82 Å². The number of aromatic nitrogens is 1. The number of aliphatic hydroxyl groups is 2. The topological polar surface area (TPSA) is 56.6 Å². The first-order valence-corrected chi connectivity index (χ1v) is 7.12. The first-order valence-electron chi connectivity index (χ1n) is 7.12. The van der Waals surface area contributed by atoms with Crippen molar-refractivity contribution in [1.29, 1.82) is 0 Å². The van der Waals surface area contributed by atoms with Crippen LogP contribution in [0.15, 0.2) is 18.3 Å². The molecule has 1 saturated heterocycles. The largest absolute Gasteiger partial charge is 0.389 e. The van der Waals surface area contributed by atoms with Crippen LogP contribution in [0.3, 0.4) is 0 Å². The maximum atomic E-state index is 12.8. The van der Waals surface area contributed by atoms with E-state index in [4.69, 9.17) is 0 Å². The fourth-order valence-electron chi connectivity index (χ4n) is 2.84. The van der Waals surface area contributed by atoms with Gasteiger partial charge in [0, 0.05) is 19.0 Å². The van der Waals surface area contributed by atoms with Gasteiger partial charge >= 0.3 is 0 Å². The lowest BCUT2D eigenvalue weighted by atomic mass is 9.93. The Morgan fingerprint density at radius 1 is 1.50 bits per heavy atom. The van der Waals surface area contributed by atoms with Crippen LogP contribution in [0.5, 0.6) is 0 Å². The minimum atomic E-state index is -0.720. The zero-order valence-corrected chi connectivity index (χ0v) is 12.1. The molecule has 3 unspecified atom stereocenters. The molecule has 0 radical (unpaired) electrons. The highest BCUT2D eigenvalue weighted by Crippen LogP contribution is 2.25. The molecule has 1 aromatic heterocycles. The number of halogens is 1. The van der Waals surface area contributed by atoms with Crippen molar-refractivity contribution in [1.82, 2.24) is 9.88 Å². The summed E-state index contributed by atoms with van der Waals surface area (Å²) in [6.45, 7) is 6.04. The number of aliphatic hydroxyl groups excluding tert-OH is 1. The van der Waals surface area contributed by atoms with Crippen molar-refractivity contribution in [2.24, 2.45) is 5.92 Å². The van der Waals surface area contributed by atoms with Gasteiger partial charge in [0.05, 0.1) is 23.6 Å². The number of nitrogens with zero attached hydrogens (tertiary/aromatic N) is 2. The zero-order chi connectivity index (χ0) is 14.8. The number of piperidine rings is 1. The summed E-state index contributed by atoms with van der Waals surface area (Å²) in [5, 5.41) is 20.4. The molecule has 3 atom stereocenters. The van der Waals surface area contributed by atoms with Crippen LogP contribution in [0, 0.1) is 11.7 Å². The van der Waals surface area contributed by atoms with Gasteiger partial charge in [-0.05, 0) is 38.4 Å². The van der Waals surface area contributed by atoms with Crippen LogP contribution < -0.4 is 0 Å². The molecule has 2 N–H and O–H groups in total. The molecule has 0 bridgehead atoms. The van der Waals surface area contributed by atoms with Crippen LogP contribution in [-0.2, 0) is 0 Å². The number of rotatable bonds is 4. The lowest BCUT2D eigenvalue weighted by Crippen LogP contribution is -2.47. The van der Waals surface area contributed by atoms with Crippen molar-refractivity contribution in [3.8, 4) is 0 Å². The maximum absolute atomic E-state index is 12.8. The number of likely N-dealkylation sites (tertiary alicyclic amines) is 1. The predicted octanol–water partition coefficient (Wildman–Crippen LogP) is 1.74. The van der Waals surface area contributed by atoms with Gasteiger partial charge in [0.15, 0.2) is 0 Å².